The van der Waals surface area contributed by atoms with E-state index in [2.05, 4.69) is 10.6 Å². The van der Waals surface area contributed by atoms with Crippen molar-refractivity contribution in [2.75, 3.05) is 5.32 Å². The molecule has 0 aromatic heterocycles. The van der Waals surface area contributed by atoms with E-state index in [4.69, 9.17) is 4.74 Å². The van der Waals surface area contributed by atoms with Crippen LogP contribution in [-0.4, -0.2) is 45.6 Å². The average Bonchev–Trinajstić information content (AvgIpc) is 2.81. The largest absolute Gasteiger partial charge is 0.508 e. The van der Waals surface area contributed by atoms with Crippen LogP contribution >= 0.6 is 0 Å². The third-order valence-electron chi connectivity index (χ3n) is 5.67. The Morgan fingerprint density at radius 2 is 1.51 bits per heavy atom. The maximum absolute atomic E-state index is 13.7. The van der Waals surface area contributed by atoms with Crippen molar-refractivity contribution >= 4 is 34.4 Å². The van der Waals surface area contributed by atoms with Crippen LogP contribution in [0.3, 0.4) is 0 Å². The van der Waals surface area contributed by atoms with Gasteiger partial charge >= 0.3 is 6.09 Å². The topological polar surface area (TPSA) is 108 Å². The lowest BCUT2D eigenvalue weighted by Gasteiger charge is -2.36. The number of alkyl carbamates (subject to hydrolysis) is 1. The summed E-state index contributed by atoms with van der Waals surface area (Å²) in [7, 11) is 0. The number of carbonyl (C=O) groups is 3. The summed E-state index contributed by atoms with van der Waals surface area (Å²) in [6, 6.07) is 17.2. The lowest BCUT2D eigenvalue weighted by molar-refractivity contribution is -0.142. The van der Waals surface area contributed by atoms with Crippen molar-refractivity contribution in [3.63, 3.8) is 0 Å². The van der Waals surface area contributed by atoms with Crippen LogP contribution in [0.5, 0.6) is 5.75 Å². The molecule has 8 heteroatoms. The van der Waals surface area contributed by atoms with E-state index >= 15 is 0 Å². The minimum Gasteiger partial charge on any atom is -0.508 e. The highest BCUT2D eigenvalue weighted by Crippen LogP contribution is 2.28. The highest BCUT2D eigenvalue weighted by molar-refractivity contribution is 6.00. The molecule has 2 atom stereocenters. The van der Waals surface area contributed by atoms with E-state index in [-0.39, 0.29) is 5.75 Å². The second kappa shape index (κ2) is 11.3. The Hall–Kier alpha value is -4.07. The second-order valence-corrected chi connectivity index (χ2v) is 10.3. The lowest BCUT2D eigenvalue weighted by atomic mass is 10.0. The van der Waals surface area contributed by atoms with E-state index in [0.717, 1.165) is 10.8 Å². The number of carbonyl (C=O) groups excluding carboxylic acids is 3. The number of fused-ring (bicyclic) bond motifs is 1. The molecule has 37 heavy (non-hydrogen) atoms. The molecular weight excluding hydrogens is 470 g/mol. The van der Waals surface area contributed by atoms with Gasteiger partial charge in [0.05, 0.1) is 0 Å². The van der Waals surface area contributed by atoms with Crippen LogP contribution in [-0.2, 0) is 14.3 Å². The van der Waals surface area contributed by atoms with Crippen LogP contribution in [0.25, 0.3) is 10.8 Å². The van der Waals surface area contributed by atoms with Crippen molar-refractivity contribution in [2.45, 2.75) is 65.3 Å². The van der Waals surface area contributed by atoms with Gasteiger partial charge in [-0.2, -0.15) is 0 Å². The van der Waals surface area contributed by atoms with Crippen LogP contribution < -0.4 is 10.6 Å². The van der Waals surface area contributed by atoms with E-state index in [1.54, 1.807) is 53.7 Å². The van der Waals surface area contributed by atoms with E-state index < -0.39 is 41.6 Å². The van der Waals surface area contributed by atoms with Crippen LogP contribution in [0.2, 0.25) is 0 Å². The highest BCUT2D eigenvalue weighted by Gasteiger charge is 2.36. The Kier molecular flexibility index (Phi) is 8.42. The van der Waals surface area contributed by atoms with Gasteiger partial charge in [-0.25, -0.2) is 4.79 Å². The number of aromatic hydroxyl groups is 1. The van der Waals surface area contributed by atoms with Gasteiger partial charge in [0.2, 0.25) is 5.91 Å². The molecule has 0 spiro atoms. The fraction of sp³-hybridized carbons (Fsp3) is 0.345. The first kappa shape index (κ1) is 27.5. The first-order valence-electron chi connectivity index (χ1n) is 12.3. The van der Waals surface area contributed by atoms with Gasteiger partial charge in [-0.05, 0) is 82.1 Å². The molecule has 196 valence electrons. The highest BCUT2D eigenvalue weighted by atomic mass is 16.6. The summed E-state index contributed by atoms with van der Waals surface area (Å²) < 4.78 is 5.29. The predicted molar refractivity (Wildman–Crippen MR) is 144 cm³/mol. The molecule has 8 nitrogen and oxygen atoms in total. The van der Waals surface area contributed by atoms with Gasteiger partial charge < -0.3 is 25.4 Å². The van der Waals surface area contributed by atoms with Gasteiger partial charge in [0.1, 0.15) is 23.4 Å². The first-order valence-corrected chi connectivity index (χ1v) is 12.3. The molecular formula is C29H35N3O5. The Balaban J connectivity index is 1.93. The summed E-state index contributed by atoms with van der Waals surface area (Å²) in [5.74, 6) is -0.833. The summed E-state index contributed by atoms with van der Waals surface area (Å²) in [5, 5.41) is 17.3. The molecule has 0 aliphatic heterocycles. The number of anilines is 1. The number of nitrogens with one attached hydrogen (secondary N) is 2. The van der Waals surface area contributed by atoms with Gasteiger partial charge in [-0.3, -0.25) is 9.59 Å². The van der Waals surface area contributed by atoms with E-state index in [9.17, 15) is 19.5 Å². The number of rotatable bonds is 7. The summed E-state index contributed by atoms with van der Waals surface area (Å²) in [4.78, 5) is 41.1. The smallest absolute Gasteiger partial charge is 0.408 e. The van der Waals surface area contributed by atoms with Crippen molar-refractivity contribution in [1.29, 1.82) is 0 Å². The number of hydrogen-bond acceptors (Lipinski definition) is 5. The number of ether oxygens (including phenoxy) is 1. The summed E-state index contributed by atoms with van der Waals surface area (Å²) in [6.45, 7) is 10.4. The van der Waals surface area contributed by atoms with Crippen LogP contribution in [0, 0.1) is 0 Å². The molecule has 3 amide bonds. The monoisotopic (exact) mass is 505 g/mol. The average molecular weight is 506 g/mol. The van der Waals surface area contributed by atoms with Gasteiger partial charge in [-0.1, -0.05) is 42.5 Å². The van der Waals surface area contributed by atoms with E-state index in [1.807, 2.05) is 42.5 Å². The third-order valence-corrected chi connectivity index (χ3v) is 5.67. The van der Waals surface area contributed by atoms with Crippen molar-refractivity contribution in [1.82, 2.24) is 10.2 Å². The molecule has 0 bridgehead atoms. The number of phenols is 1. The maximum atomic E-state index is 13.7. The van der Waals surface area contributed by atoms with Gasteiger partial charge in [0, 0.05) is 11.7 Å². The minimum absolute atomic E-state index is 0.0415. The standard InChI is InChI=1S/C29H35N3O5/c1-18(2)32(27(35)19(3)30-28(36)37-29(4,5)6)25(21-12-15-24(33)16-13-21)26(34)31-23-14-11-20-9-7-8-10-22(20)17-23/h7-19,25,33H,1-6H3,(H,30,36)(H,31,34). The molecule has 0 fully saturated rings. The molecule has 0 saturated carbocycles. The van der Waals surface area contributed by atoms with Crippen molar-refractivity contribution in [3.05, 3.63) is 72.3 Å². The van der Waals surface area contributed by atoms with Gasteiger partial charge in [0.15, 0.2) is 0 Å². The zero-order chi connectivity index (χ0) is 27.3. The van der Waals surface area contributed by atoms with E-state index in [1.165, 1.54) is 17.0 Å². The third kappa shape index (κ3) is 7.22. The van der Waals surface area contributed by atoms with Crippen LogP contribution in [0.4, 0.5) is 10.5 Å². The number of amides is 3. The molecule has 3 N–H and O–H groups in total. The molecule has 3 rings (SSSR count). The van der Waals surface area contributed by atoms with E-state index in [0.29, 0.717) is 11.3 Å². The van der Waals surface area contributed by atoms with Crippen molar-refractivity contribution in [2.24, 2.45) is 0 Å². The Morgan fingerprint density at radius 1 is 0.892 bits per heavy atom. The van der Waals surface area contributed by atoms with Gasteiger partial charge in [-0.15, -0.1) is 0 Å². The molecule has 0 heterocycles. The zero-order valence-corrected chi connectivity index (χ0v) is 22.1. The molecule has 0 aliphatic carbocycles. The molecule has 0 radical (unpaired) electrons. The molecule has 3 aromatic rings. The first-order chi connectivity index (χ1) is 17.4. The maximum Gasteiger partial charge on any atom is 0.408 e. The number of hydrogen-bond donors (Lipinski definition) is 3. The predicted octanol–water partition coefficient (Wildman–Crippen LogP) is 5.38. The fourth-order valence-corrected chi connectivity index (χ4v) is 4.02. The number of phenolic OH excluding ortho intramolecular Hbond substituents is 1. The second-order valence-electron chi connectivity index (χ2n) is 10.3. The normalized spacial score (nSPS) is 13.1. The molecule has 3 aromatic carbocycles. The molecule has 0 aliphatic rings. The lowest BCUT2D eigenvalue weighted by Crippen LogP contribution is -2.53. The summed E-state index contributed by atoms with van der Waals surface area (Å²) >= 11 is 0. The van der Waals surface area contributed by atoms with Crippen molar-refractivity contribution in [3.8, 4) is 5.75 Å². The molecule has 0 saturated heterocycles. The SMILES string of the molecule is CC(NC(=O)OC(C)(C)C)C(=O)N(C(C)C)C(C(=O)Nc1ccc2ccccc2c1)c1ccc(O)cc1. The molecule has 2 unspecified atom stereocenters. The summed E-state index contributed by atoms with van der Waals surface area (Å²) in [6.07, 6.45) is -0.723. The summed E-state index contributed by atoms with van der Waals surface area (Å²) in [5.41, 5.74) is 0.380. The Labute approximate surface area is 217 Å². The minimum atomic E-state index is -1.03. The number of nitrogens with zero attached hydrogens (tertiary/aromatic N) is 1. The van der Waals surface area contributed by atoms with Gasteiger partial charge in [0.25, 0.3) is 5.91 Å². The Morgan fingerprint density at radius 3 is 2.11 bits per heavy atom. The zero-order valence-electron chi connectivity index (χ0n) is 22.1. The van der Waals surface area contributed by atoms with Crippen LogP contribution in [0.15, 0.2) is 66.7 Å². The number of benzene rings is 3. The van der Waals surface area contributed by atoms with Crippen LogP contribution in [0.1, 0.15) is 53.1 Å². The fourth-order valence-electron chi connectivity index (χ4n) is 4.02. The van der Waals surface area contributed by atoms with Crippen molar-refractivity contribution < 1.29 is 24.2 Å². The Bertz CT molecular complexity index is 1260. The quantitative estimate of drug-likeness (QED) is 0.400.